The Balaban J connectivity index is 5.18. The minimum Gasteiger partial charge on any atom is -0.462 e. The fourth-order valence-corrected chi connectivity index (χ4v) is 15.0. The zero-order valence-electron chi connectivity index (χ0n) is 68.9. The van der Waals surface area contributed by atoms with Crippen LogP contribution >= 0.6 is 15.6 Å². The van der Waals surface area contributed by atoms with Crippen molar-refractivity contribution in [2.24, 2.45) is 5.92 Å². The van der Waals surface area contributed by atoms with Gasteiger partial charge in [0.05, 0.1) is 26.4 Å². The van der Waals surface area contributed by atoms with E-state index in [2.05, 4.69) is 34.6 Å². The van der Waals surface area contributed by atoms with Gasteiger partial charge in [0.15, 0.2) is 12.2 Å². The maximum Gasteiger partial charge on any atom is 0.472 e. The average Bonchev–Trinajstić information content (AvgIpc) is 0.936. The highest BCUT2D eigenvalue weighted by Gasteiger charge is 2.30. The molecule has 105 heavy (non-hydrogen) atoms. The van der Waals surface area contributed by atoms with Crippen LogP contribution in [0.2, 0.25) is 0 Å². The fraction of sp³-hybridized carbons (Fsp3) is 0.953. The second-order valence-electron chi connectivity index (χ2n) is 31.2. The highest BCUT2D eigenvalue weighted by atomic mass is 31.2. The van der Waals surface area contributed by atoms with Crippen molar-refractivity contribution in [3.8, 4) is 0 Å². The van der Waals surface area contributed by atoms with Gasteiger partial charge >= 0.3 is 39.5 Å². The lowest BCUT2D eigenvalue weighted by atomic mass is 9.99. The molecule has 624 valence electrons. The molecule has 6 atom stereocenters. The summed E-state index contributed by atoms with van der Waals surface area (Å²) in [5.74, 6) is -1.25. The molecule has 0 bridgehead atoms. The summed E-state index contributed by atoms with van der Waals surface area (Å²) >= 11 is 0. The van der Waals surface area contributed by atoms with E-state index in [4.69, 9.17) is 37.0 Å². The van der Waals surface area contributed by atoms with Crippen LogP contribution < -0.4 is 0 Å². The molecule has 19 heteroatoms. The Kier molecular flexibility index (Phi) is 77.3. The molecule has 0 aliphatic heterocycles. The normalized spacial score (nSPS) is 14.0. The van der Waals surface area contributed by atoms with Crippen LogP contribution in [0.1, 0.15) is 465 Å². The summed E-state index contributed by atoms with van der Waals surface area (Å²) in [5, 5.41) is 10.7. The van der Waals surface area contributed by atoms with Crippen molar-refractivity contribution < 1.29 is 80.2 Å². The molecule has 0 rings (SSSR count). The monoisotopic (exact) mass is 1540 g/mol. The molecule has 0 aliphatic carbocycles. The summed E-state index contributed by atoms with van der Waals surface area (Å²) in [6.07, 6.45) is 72.3. The number of aliphatic hydroxyl groups excluding tert-OH is 1. The third-order valence-electron chi connectivity index (χ3n) is 20.6. The van der Waals surface area contributed by atoms with Crippen molar-refractivity contribution in [1.29, 1.82) is 0 Å². The molecule has 0 saturated carbocycles. The molecule has 0 aromatic heterocycles. The first-order valence-corrected chi connectivity index (χ1v) is 47.7. The lowest BCUT2D eigenvalue weighted by molar-refractivity contribution is -0.161. The first-order valence-electron chi connectivity index (χ1n) is 44.7. The molecule has 0 spiro atoms. The number of carbonyl (C=O) groups excluding carboxylic acids is 4. The largest absolute Gasteiger partial charge is 0.472 e. The van der Waals surface area contributed by atoms with Gasteiger partial charge in [-0.1, -0.05) is 413 Å². The summed E-state index contributed by atoms with van der Waals surface area (Å²) in [6.45, 7) is 7.39. The number of rotatable bonds is 86. The molecule has 0 heterocycles. The molecule has 3 N–H and O–H groups in total. The van der Waals surface area contributed by atoms with Crippen LogP contribution in [0.4, 0.5) is 0 Å². The van der Waals surface area contributed by atoms with Crippen LogP contribution in [-0.2, 0) is 65.4 Å². The summed E-state index contributed by atoms with van der Waals surface area (Å²) in [4.78, 5) is 73.1. The second kappa shape index (κ2) is 78.7. The number of ether oxygens (including phenoxy) is 4. The van der Waals surface area contributed by atoms with Crippen molar-refractivity contribution in [2.75, 3.05) is 39.6 Å². The van der Waals surface area contributed by atoms with E-state index in [0.717, 1.165) is 95.8 Å². The van der Waals surface area contributed by atoms with Gasteiger partial charge in [0.1, 0.15) is 19.3 Å². The number of carbonyl (C=O) groups is 4. The van der Waals surface area contributed by atoms with Crippen LogP contribution in [-0.4, -0.2) is 96.7 Å². The Labute approximate surface area is 645 Å². The minimum atomic E-state index is -4.96. The number of hydrogen-bond acceptors (Lipinski definition) is 15. The Bertz CT molecular complexity index is 2000. The van der Waals surface area contributed by atoms with E-state index in [0.29, 0.717) is 25.7 Å². The van der Waals surface area contributed by atoms with Gasteiger partial charge < -0.3 is 33.8 Å². The smallest absolute Gasteiger partial charge is 0.462 e. The third kappa shape index (κ3) is 78.5. The van der Waals surface area contributed by atoms with E-state index < -0.39 is 97.5 Å². The van der Waals surface area contributed by atoms with Crippen molar-refractivity contribution in [1.82, 2.24) is 0 Å². The predicted molar refractivity (Wildman–Crippen MR) is 432 cm³/mol. The van der Waals surface area contributed by atoms with Crippen LogP contribution in [0.15, 0.2) is 0 Å². The second-order valence-corrected chi connectivity index (χ2v) is 34.1. The van der Waals surface area contributed by atoms with E-state index in [-0.39, 0.29) is 25.7 Å². The molecule has 0 aromatic carbocycles. The van der Waals surface area contributed by atoms with Gasteiger partial charge in [-0.05, 0) is 31.6 Å². The van der Waals surface area contributed by atoms with E-state index in [9.17, 15) is 43.2 Å². The molecule has 0 aliphatic rings. The number of phosphoric acid groups is 2. The number of esters is 4. The first-order chi connectivity index (χ1) is 51.1. The van der Waals surface area contributed by atoms with Crippen LogP contribution in [0.5, 0.6) is 0 Å². The first kappa shape index (κ1) is 103. The van der Waals surface area contributed by atoms with Gasteiger partial charge in [0.25, 0.3) is 0 Å². The van der Waals surface area contributed by atoms with E-state index in [1.165, 1.54) is 289 Å². The molecule has 17 nitrogen and oxygen atoms in total. The van der Waals surface area contributed by atoms with E-state index >= 15 is 0 Å². The average molecular weight is 1540 g/mol. The molecular weight excluding hydrogens is 1370 g/mol. The number of hydrogen-bond donors (Lipinski definition) is 3. The van der Waals surface area contributed by atoms with Crippen molar-refractivity contribution in [2.45, 2.75) is 483 Å². The van der Waals surface area contributed by atoms with Crippen molar-refractivity contribution in [3.63, 3.8) is 0 Å². The molecule has 0 saturated heterocycles. The lowest BCUT2D eigenvalue weighted by Crippen LogP contribution is -2.30. The van der Waals surface area contributed by atoms with Gasteiger partial charge in [-0.15, -0.1) is 0 Å². The summed E-state index contributed by atoms with van der Waals surface area (Å²) in [5.41, 5.74) is 0. The summed E-state index contributed by atoms with van der Waals surface area (Å²) < 4.78 is 68.8. The fourth-order valence-electron chi connectivity index (χ4n) is 13.4. The summed E-state index contributed by atoms with van der Waals surface area (Å²) in [6, 6.07) is 0. The number of phosphoric ester groups is 2. The topological polar surface area (TPSA) is 237 Å². The SMILES string of the molecule is CCCCCCCCCCCCCCCCCCCCCCCC(=O)O[C@H](COC(=O)CCCCCCCCCCCCCCCCC(C)CC)COP(=O)(O)OC[C@@H](O)COP(=O)(O)OC[C@@H](COC(=O)CCCCCCCCCC)OC(=O)CCCCCCCCCCCCCCCCCCCC. The van der Waals surface area contributed by atoms with Crippen LogP contribution in [0, 0.1) is 5.92 Å². The number of unbranched alkanes of at least 4 members (excludes halogenated alkanes) is 57. The zero-order chi connectivity index (χ0) is 76.9. The third-order valence-corrected chi connectivity index (χ3v) is 22.5. The molecule has 0 amide bonds. The Hall–Kier alpha value is -1.94. The van der Waals surface area contributed by atoms with E-state index in [1.54, 1.807) is 0 Å². The standard InChI is InChI=1S/C86H168O17P2/c1-6-10-13-16-19-22-24-26-28-30-32-33-34-36-38-44-48-52-57-62-67-72-86(91)103-82(76-97-84(89)70-65-60-55-50-46-42-40-39-41-45-49-53-58-63-68-79(5)9-4)78-101-105(94,95)99-74-80(87)73-98-104(92,93)100-77-81(75-96-83(88)69-64-59-54-21-18-15-12-8-3)102-85(90)71-66-61-56-51-47-43-37-35-31-29-27-25-23-20-17-14-11-7-2/h79-82,87H,6-78H2,1-5H3,(H,92,93)(H,94,95)/t79?,80-,81+,82+/m0/s1. The maximum absolute atomic E-state index is 13.1. The van der Waals surface area contributed by atoms with E-state index in [1.807, 2.05) is 0 Å². The van der Waals surface area contributed by atoms with Gasteiger partial charge in [0, 0.05) is 25.7 Å². The molecular formula is C86H168O17P2. The summed E-state index contributed by atoms with van der Waals surface area (Å²) in [7, 11) is -9.92. The molecule has 0 radical (unpaired) electrons. The highest BCUT2D eigenvalue weighted by molar-refractivity contribution is 7.47. The molecule has 3 unspecified atom stereocenters. The predicted octanol–water partition coefficient (Wildman–Crippen LogP) is 26.4. The van der Waals surface area contributed by atoms with Gasteiger partial charge in [-0.25, -0.2) is 9.13 Å². The zero-order valence-corrected chi connectivity index (χ0v) is 70.7. The quantitative estimate of drug-likeness (QED) is 0.0222. The van der Waals surface area contributed by atoms with Crippen LogP contribution in [0.25, 0.3) is 0 Å². The van der Waals surface area contributed by atoms with Gasteiger partial charge in [-0.3, -0.25) is 37.3 Å². The van der Waals surface area contributed by atoms with Crippen molar-refractivity contribution >= 4 is 39.5 Å². The Morgan fingerprint density at radius 1 is 0.267 bits per heavy atom. The van der Waals surface area contributed by atoms with Gasteiger partial charge in [0.2, 0.25) is 0 Å². The van der Waals surface area contributed by atoms with Crippen LogP contribution in [0.3, 0.4) is 0 Å². The Morgan fingerprint density at radius 3 is 0.676 bits per heavy atom. The lowest BCUT2D eigenvalue weighted by Gasteiger charge is -2.21. The minimum absolute atomic E-state index is 0.109. The van der Waals surface area contributed by atoms with Gasteiger partial charge in [-0.2, -0.15) is 0 Å². The molecule has 0 fully saturated rings. The number of aliphatic hydroxyl groups is 1. The van der Waals surface area contributed by atoms with Crippen molar-refractivity contribution in [3.05, 3.63) is 0 Å². The highest BCUT2D eigenvalue weighted by Crippen LogP contribution is 2.45. The molecule has 0 aromatic rings. The Morgan fingerprint density at radius 2 is 0.457 bits per heavy atom. The maximum atomic E-state index is 13.1.